The summed E-state index contributed by atoms with van der Waals surface area (Å²) in [7, 11) is 0. The molecule has 0 saturated carbocycles. The molecule has 0 bridgehead atoms. The van der Waals surface area contributed by atoms with Gasteiger partial charge in [-0.1, -0.05) is 6.07 Å². The number of aryl methyl sites for hydroxylation is 1. The molecule has 1 saturated heterocycles. The highest BCUT2D eigenvalue weighted by Gasteiger charge is 2.19. The van der Waals surface area contributed by atoms with E-state index in [0.717, 1.165) is 25.1 Å². The van der Waals surface area contributed by atoms with Gasteiger partial charge in [-0.15, -0.1) is 12.4 Å². The molecular weight excluding hydrogens is 243 g/mol. The van der Waals surface area contributed by atoms with Crippen LogP contribution in [0.5, 0.6) is 0 Å². The van der Waals surface area contributed by atoms with Crippen molar-refractivity contribution >= 4 is 18.3 Å². The summed E-state index contributed by atoms with van der Waals surface area (Å²) in [5.41, 5.74) is 0.939. The molecule has 0 aliphatic carbocycles. The fourth-order valence-electron chi connectivity index (χ4n) is 1.85. The largest absolute Gasteiger partial charge is 0.348 e. The zero-order chi connectivity index (χ0) is 11.5. The Morgan fingerprint density at radius 2 is 2.29 bits per heavy atom. The number of carbonyl (C=O) groups excluding carboxylic acids is 1. The van der Waals surface area contributed by atoms with Crippen LogP contribution in [0.3, 0.4) is 0 Å². The van der Waals surface area contributed by atoms with Gasteiger partial charge in [-0.3, -0.25) is 4.79 Å². The summed E-state index contributed by atoms with van der Waals surface area (Å²) in [4.78, 5) is 11.8. The lowest BCUT2D eigenvalue weighted by Gasteiger charge is -2.11. The Morgan fingerprint density at radius 1 is 1.53 bits per heavy atom. The van der Waals surface area contributed by atoms with Crippen molar-refractivity contribution in [2.24, 2.45) is 0 Å². The first-order valence-electron chi connectivity index (χ1n) is 5.44. The van der Waals surface area contributed by atoms with Gasteiger partial charge in [0.05, 0.1) is 5.56 Å². The van der Waals surface area contributed by atoms with Gasteiger partial charge >= 0.3 is 0 Å². The number of benzene rings is 1. The fraction of sp³-hybridized carbons (Fsp3) is 0.417. The summed E-state index contributed by atoms with van der Waals surface area (Å²) in [6, 6.07) is 4.77. The van der Waals surface area contributed by atoms with Crippen molar-refractivity contribution in [1.82, 2.24) is 10.6 Å². The van der Waals surface area contributed by atoms with Crippen LogP contribution in [0.25, 0.3) is 0 Å². The molecule has 1 amide bonds. The molecule has 94 valence electrons. The van der Waals surface area contributed by atoms with Crippen molar-refractivity contribution in [3.8, 4) is 0 Å². The van der Waals surface area contributed by atoms with Gasteiger partial charge in [0, 0.05) is 12.6 Å². The van der Waals surface area contributed by atoms with E-state index in [1.807, 2.05) is 0 Å². The summed E-state index contributed by atoms with van der Waals surface area (Å²) in [6.07, 6.45) is 0.902. The van der Waals surface area contributed by atoms with Crippen molar-refractivity contribution in [2.75, 3.05) is 13.1 Å². The van der Waals surface area contributed by atoms with E-state index in [4.69, 9.17) is 0 Å². The Kier molecular flexibility index (Phi) is 4.90. The van der Waals surface area contributed by atoms with Crippen LogP contribution in [0, 0.1) is 12.7 Å². The standard InChI is InChI=1S/C12H15FN2O.ClH/c1-8-2-3-10(11(13)6-8)12(16)15-9-4-5-14-7-9;/h2-3,6,9,14H,4-5,7H2,1H3,(H,15,16);1H. The molecule has 1 aromatic rings. The Hall–Kier alpha value is -1.13. The smallest absolute Gasteiger partial charge is 0.254 e. The molecule has 5 heteroatoms. The van der Waals surface area contributed by atoms with Crippen molar-refractivity contribution in [2.45, 2.75) is 19.4 Å². The second-order valence-electron chi connectivity index (χ2n) is 4.15. The number of hydrogen-bond donors (Lipinski definition) is 2. The average Bonchev–Trinajstić information content (AvgIpc) is 2.70. The molecule has 2 N–H and O–H groups in total. The molecule has 1 atom stereocenters. The van der Waals surface area contributed by atoms with Crippen molar-refractivity contribution in [1.29, 1.82) is 0 Å². The molecule has 1 fully saturated rings. The molecule has 1 aromatic carbocycles. The minimum atomic E-state index is -0.455. The summed E-state index contributed by atoms with van der Waals surface area (Å²) < 4.78 is 13.5. The molecule has 17 heavy (non-hydrogen) atoms. The van der Waals surface area contributed by atoms with Crippen molar-refractivity contribution in [3.05, 3.63) is 35.1 Å². The molecular formula is C12H16ClFN2O. The highest BCUT2D eigenvalue weighted by Crippen LogP contribution is 2.10. The predicted molar refractivity (Wildman–Crippen MR) is 67.1 cm³/mol. The highest BCUT2D eigenvalue weighted by atomic mass is 35.5. The fourth-order valence-corrected chi connectivity index (χ4v) is 1.85. The van der Waals surface area contributed by atoms with Crippen LogP contribution in [-0.2, 0) is 0 Å². The van der Waals surface area contributed by atoms with E-state index in [9.17, 15) is 9.18 Å². The Labute approximate surface area is 106 Å². The molecule has 1 heterocycles. The lowest BCUT2D eigenvalue weighted by atomic mass is 10.1. The van der Waals surface area contributed by atoms with Gasteiger partial charge < -0.3 is 10.6 Å². The highest BCUT2D eigenvalue weighted by molar-refractivity contribution is 5.94. The van der Waals surface area contributed by atoms with Gasteiger partial charge in [0.15, 0.2) is 0 Å². The Bertz CT molecular complexity index is 405. The number of carbonyl (C=O) groups is 1. The SMILES string of the molecule is Cc1ccc(C(=O)NC2CCNC2)c(F)c1.Cl. The van der Waals surface area contributed by atoms with E-state index >= 15 is 0 Å². The second kappa shape index (κ2) is 5.98. The van der Waals surface area contributed by atoms with Crippen LogP contribution in [0.2, 0.25) is 0 Å². The van der Waals surface area contributed by atoms with Gasteiger partial charge in [0.25, 0.3) is 5.91 Å². The number of hydrogen-bond acceptors (Lipinski definition) is 2. The minimum Gasteiger partial charge on any atom is -0.348 e. The van der Waals surface area contributed by atoms with Gasteiger partial charge in [-0.2, -0.15) is 0 Å². The normalized spacial score (nSPS) is 18.6. The van der Waals surface area contributed by atoms with Crippen LogP contribution in [-0.4, -0.2) is 25.0 Å². The van der Waals surface area contributed by atoms with Crippen LogP contribution in [0.4, 0.5) is 4.39 Å². The zero-order valence-corrected chi connectivity index (χ0v) is 10.4. The van der Waals surface area contributed by atoms with Crippen molar-refractivity contribution in [3.63, 3.8) is 0 Å². The second-order valence-corrected chi connectivity index (χ2v) is 4.15. The van der Waals surface area contributed by atoms with E-state index in [1.165, 1.54) is 12.1 Å². The molecule has 0 spiro atoms. The first kappa shape index (κ1) is 13.9. The zero-order valence-electron chi connectivity index (χ0n) is 9.63. The Balaban J connectivity index is 0.00000144. The lowest BCUT2D eigenvalue weighted by Crippen LogP contribution is -2.36. The average molecular weight is 259 g/mol. The van der Waals surface area contributed by atoms with E-state index in [1.54, 1.807) is 13.0 Å². The van der Waals surface area contributed by atoms with Crippen LogP contribution in [0.15, 0.2) is 18.2 Å². The Morgan fingerprint density at radius 3 is 2.88 bits per heavy atom. The van der Waals surface area contributed by atoms with Gasteiger partial charge in [-0.25, -0.2) is 4.39 Å². The van der Waals surface area contributed by atoms with E-state index in [-0.39, 0.29) is 29.9 Å². The summed E-state index contributed by atoms with van der Waals surface area (Å²) in [5.74, 6) is -0.783. The quantitative estimate of drug-likeness (QED) is 0.847. The van der Waals surface area contributed by atoms with Gasteiger partial charge in [0.2, 0.25) is 0 Å². The van der Waals surface area contributed by atoms with Crippen LogP contribution < -0.4 is 10.6 Å². The maximum absolute atomic E-state index is 13.5. The molecule has 1 aliphatic heterocycles. The van der Waals surface area contributed by atoms with E-state index in [2.05, 4.69) is 10.6 Å². The van der Waals surface area contributed by atoms with E-state index in [0.29, 0.717) is 0 Å². The van der Waals surface area contributed by atoms with E-state index < -0.39 is 5.82 Å². The topological polar surface area (TPSA) is 41.1 Å². The molecule has 2 rings (SSSR count). The molecule has 3 nitrogen and oxygen atoms in total. The third kappa shape index (κ3) is 3.41. The van der Waals surface area contributed by atoms with Gasteiger partial charge in [-0.05, 0) is 37.6 Å². The third-order valence-corrected chi connectivity index (χ3v) is 2.76. The monoisotopic (exact) mass is 258 g/mol. The molecule has 1 aliphatic rings. The van der Waals surface area contributed by atoms with Crippen LogP contribution >= 0.6 is 12.4 Å². The lowest BCUT2D eigenvalue weighted by molar-refractivity contribution is 0.0936. The molecule has 0 radical (unpaired) electrons. The van der Waals surface area contributed by atoms with Crippen molar-refractivity contribution < 1.29 is 9.18 Å². The summed E-state index contributed by atoms with van der Waals surface area (Å²) >= 11 is 0. The van der Waals surface area contributed by atoms with Gasteiger partial charge in [0.1, 0.15) is 5.82 Å². The molecule has 0 aromatic heterocycles. The first-order valence-corrected chi connectivity index (χ1v) is 5.44. The third-order valence-electron chi connectivity index (χ3n) is 2.76. The first-order chi connectivity index (χ1) is 7.66. The predicted octanol–water partition coefficient (Wildman–Crippen LogP) is 1.65. The minimum absolute atomic E-state index is 0. The van der Waals surface area contributed by atoms with Crippen LogP contribution in [0.1, 0.15) is 22.3 Å². The number of rotatable bonds is 2. The number of amides is 1. The maximum Gasteiger partial charge on any atom is 0.254 e. The maximum atomic E-state index is 13.5. The number of halogens is 2. The molecule has 1 unspecified atom stereocenters. The summed E-state index contributed by atoms with van der Waals surface area (Å²) in [6.45, 7) is 3.46. The summed E-state index contributed by atoms with van der Waals surface area (Å²) in [5, 5.41) is 5.96. The number of nitrogens with one attached hydrogen (secondary N) is 2.